The van der Waals surface area contributed by atoms with Gasteiger partial charge in [0.15, 0.2) is 0 Å². The first-order valence-electron chi connectivity index (χ1n) is 6.23. The van der Waals surface area contributed by atoms with E-state index in [9.17, 15) is 14.4 Å². The molecule has 0 aromatic heterocycles. The summed E-state index contributed by atoms with van der Waals surface area (Å²) >= 11 is 3.31. The highest BCUT2D eigenvalue weighted by Crippen LogP contribution is 2.11. The van der Waals surface area contributed by atoms with Crippen LogP contribution in [0.15, 0.2) is 34.8 Å². The van der Waals surface area contributed by atoms with Gasteiger partial charge in [0, 0.05) is 16.6 Å². The van der Waals surface area contributed by atoms with E-state index < -0.39 is 17.7 Å². The maximum Gasteiger partial charge on any atom is 0.327 e. The van der Waals surface area contributed by atoms with Crippen molar-refractivity contribution in [2.75, 3.05) is 0 Å². The SMILES string of the molecule is CC(C)NC(=O)C(=O)NNC(=O)/C=C/c1ccc(Br)cc1. The number of hydrogen-bond acceptors (Lipinski definition) is 3. The lowest BCUT2D eigenvalue weighted by atomic mass is 10.2. The van der Waals surface area contributed by atoms with Crippen LogP contribution >= 0.6 is 15.9 Å². The summed E-state index contributed by atoms with van der Waals surface area (Å²) in [6, 6.07) is 7.17. The summed E-state index contributed by atoms with van der Waals surface area (Å²) in [6.45, 7) is 3.45. The van der Waals surface area contributed by atoms with Crippen molar-refractivity contribution in [3.8, 4) is 0 Å². The predicted molar refractivity (Wildman–Crippen MR) is 82.7 cm³/mol. The second kappa shape index (κ2) is 8.21. The van der Waals surface area contributed by atoms with Gasteiger partial charge in [0.05, 0.1) is 0 Å². The van der Waals surface area contributed by atoms with E-state index in [1.54, 1.807) is 19.9 Å². The smallest absolute Gasteiger partial charge is 0.327 e. The van der Waals surface area contributed by atoms with Crippen LogP contribution in [0.3, 0.4) is 0 Å². The lowest BCUT2D eigenvalue weighted by Gasteiger charge is -2.08. The van der Waals surface area contributed by atoms with Gasteiger partial charge in [-0.3, -0.25) is 25.2 Å². The summed E-state index contributed by atoms with van der Waals surface area (Å²) in [6.07, 6.45) is 2.84. The molecular formula is C14H16BrN3O3. The molecule has 0 bridgehead atoms. The Hall–Kier alpha value is -2.15. The predicted octanol–water partition coefficient (Wildman–Crippen LogP) is 1.13. The van der Waals surface area contributed by atoms with Gasteiger partial charge < -0.3 is 5.32 Å². The standard InChI is InChI=1S/C14H16BrN3O3/c1-9(2)16-13(20)14(21)18-17-12(19)8-5-10-3-6-11(15)7-4-10/h3-9H,1-2H3,(H,16,20)(H,17,19)(H,18,21)/b8-5+. The van der Waals surface area contributed by atoms with Crippen LogP contribution < -0.4 is 16.2 Å². The van der Waals surface area contributed by atoms with E-state index in [1.165, 1.54) is 6.08 Å². The van der Waals surface area contributed by atoms with Crippen LogP contribution in [0, 0.1) is 0 Å². The van der Waals surface area contributed by atoms with Crippen LogP contribution in [0.4, 0.5) is 0 Å². The summed E-state index contributed by atoms with van der Waals surface area (Å²) < 4.78 is 0.938. The molecule has 0 spiro atoms. The normalized spacial score (nSPS) is 10.5. The second-order valence-electron chi connectivity index (χ2n) is 4.46. The van der Waals surface area contributed by atoms with Crippen molar-refractivity contribution in [1.29, 1.82) is 0 Å². The van der Waals surface area contributed by atoms with Crippen molar-refractivity contribution >= 4 is 39.7 Å². The minimum absolute atomic E-state index is 0.156. The molecule has 7 heteroatoms. The second-order valence-corrected chi connectivity index (χ2v) is 5.37. The number of carbonyl (C=O) groups excluding carboxylic acids is 3. The van der Waals surface area contributed by atoms with Crippen LogP contribution in [0.1, 0.15) is 19.4 Å². The largest absolute Gasteiger partial charge is 0.346 e. The maximum atomic E-state index is 11.5. The molecule has 0 aliphatic rings. The third-order valence-corrected chi connectivity index (χ3v) is 2.75. The molecule has 6 nitrogen and oxygen atoms in total. The first kappa shape index (κ1) is 16.9. The van der Waals surface area contributed by atoms with Crippen molar-refractivity contribution in [3.05, 3.63) is 40.4 Å². The van der Waals surface area contributed by atoms with Gasteiger partial charge in [-0.05, 0) is 37.6 Å². The number of amides is 3. The Morgan fingerprint density at radius 2 is 1.67 bits per heavy atom. The number of halogens is 1. The molecule has 0 saturated heterocycles. The van der Waals surface area contributed by atoms with Crippen LogP contribution in [0.25, 0.3) is 6.08 Å². The summed E-state index contributed by atoms with van der Waals surface area (Å²) in [4.78, 5) is 34.1. The molecular weight excluding hydrogens is 338 g/mol. The molecule has 0 unspecified atom stereocenters. The van der Waals surface area contributed by atoms with Gasteiger partial charge in [-0.25, -0.2) is 0 Å². The van der Waals surface area contributed by atoms with Gasteiger partial charge in [-0.15, -0.1) is 0 Å². The van der Waals surface area contributed by atoms with Gasteiger partial charge in [0.1, 0.15) is 0 Å². The Balaban J connectivity index is 2.42. The first-order chi connectivity index (χ1) is 9.88. The van der Waals surface area contributed by atoms with Crippen LogP contribution in [-0.2, 0) is 14.4 Å². The molecule has 1 rings (SSSR count). The molecule has 0 aliphatic heterocycles. The maximum absolute atomic E-state index is 11.5. The Labute approximate surface area is 131 Å². The fourth-order valence-corrected chi connectivity index (χ4v) is 1.55. The summed E-state index contributed by atoms with van der Waals surface area (Å²) in [5.41, 5.74) is 4.98. The van der Waals surface area contributed by atoms with Crippen molar-refractivity contribution in [2.24, 2.45) is 0 Å². The summed E-state index contributed by atoms with van der Waals surface area (Å²) in [5, 5.41) is 2.40. The zero-order chi connectivity index (χ0) is 15.8. The number of hydrazine groups is 1. The third-order valence-electron chi connectivity index (χ3n) is 2.22. The molecule has 0 saturated carbocycles. The average Bonchev–Trinajstić information content (AvgIpc) is 2.43. The average molecular weight is 354 g/mol. The number of benzene rings is 1. The zero-order valence-electron chi connectivity index (χ0n) is 11.6. The summed E-state index contributed by atoms with van der Waals surface area (Å²) in [5.74, 6) is -2.26. The Kier molecular flexibility index (Phi) is 6.61. The number of carbonyl (C=O) groups is 3. The quantitative estimate of drug-likeness (QED) is 0.432. The van der Waals surface area contributed by atoms with E-state index >= 15 is 0 Å². The third kappa shape index (κ3) is 6.71. The lowest BCUT2D eigenvalue weighted by Crippen LogP contribution is -2.49. The van der Waals surface area contributed by atoms with Crippen LogP contribution in [0.5, 0.6) is 0 Å². The van der Waals surface area contributed by atoms with E-state index in [2.05, 4.69) is 26.7 Å². The van der Waals surface area contributed by atoms with Crippen molar-refractivity contribution in [2.45, 2.75) is 19.9 Å². The minimum Gasteiger partial charge on any atom is -0.346 e. The van der Waals surface area contributed by atoms with Gasteiger partial charge in [0.25, 0.3) is 5.91 Å². The molecule has 112 valence electrons. The number of nitrogens with one attached hydrogen (secondary N) is 3. The molecule has 3 amide bonds. The van der Waals surface area contributed by atoms with Crippen molar-refractivity contribution in [1.82, 2.24) is 16.2 Å². The molecule has 1 aromatic rings. The highest BCUT2D eigenvalue weighted by molar-refractivity contribution is 9.10. The Morgan fingerprint density at radius 3 is 2.24 bits per heavy atom. The highest BCUT2D eigenvalue weighted by Gasteiger charge is 2.14. The van der Waals surface area contributed by atoms with Gasteiger partial charge in [0.2, 0.25) is 0 Å². The molecule has 0 radical (unpaired) electrons. The Morgan fingerprint density at radius 1 is 1.05 bits per heavy atom. The molecule has 21 heavy (non-hydrogen) atoms. The topological polar surface area (TPSA) is 87.3 Å². The van der Waals surface area contributed by atoms with E-state index in [0.29, 0.717) is 0 Å². The van der Waals surface area contributed by atoms with E-state index in [4.69, 9.17) is 0 Å². The fourth-order valence-electron chi connectivity index (χ4n) is 1.29. The van der Waals surface area contributed by atoms with E-state index in [0.717, 1.165) is 10.0 Å². The van der Waals surface area contributed by atoms with Crippen LogP contribution in [-0.4, -0.2) is 23.8 Å². The molecule has 1 aromatic carbocycles. The van der Waals surface area contributed by atoms with Crippen molar-refractivity contribution in [3.63, 3.8) is 0 Å². The Bertz CT molecular complexity index is 553. The molecule has 0 atom stereocenters. The molecule has 0 fully saturated rings. The van der Waals surface area contributed by atoms with E-state index in [-0.39, 0.29) is 6.04 Å². The first-order valence-corrected chi connectivity index (χ1v) is 7.02. The summed E-state index contributed by atoms with van der Waals surface area (Å²) in [7, 11) is 0. The molecule has 0 heterocycles. The van der Waals surface area contributed by atoms with E-state index in [1.807, 2.05) is 29.7 Å². The lowest BCUT2D eigenvalue weighted by molar-refractivity contribution is -0.140. The van der Waals surface area contributed by atoms with Gasteiger partial charge in [-0.2, -0.15) is 0 Å². The number of rotatable bonds is 3. The van der Waals surface area contributed by atoms with Crippen molar-refractivity contribution < 1.29 is 14.4 Å². The van der Waals surface area contributed by atoms with Gasteiger partial charge in [-0.1, -0.05) is 28.1 Å². The monoisotopic (exact) mass is 353 g/mol. The van der Waals surface area contributed by atoms with Crippen LogP contribution in [0.2, 0.25) is 0 Å². The number of hydrogen-bond donors (Lipinski definition) is 3. The molecule has 0 aliphatic carbocycles. The van der Waals surface area contributed by atoms with Gasteiger partial charge >= 0.3 is 11.8 Å². The molecule has 3 N–H and O–H groups in total. The zero-order valence-corrected chi connectivity index (χ0v) is 13.2. The highest BCUT2D eigenvalue weighted by atomic mass is 79.9. The fraction of sp³-hybridized carbons (Fsp3) is 0.214. The minimum atomic E-state index is -0.922.